The Morgan fingerprint density at radius 2 is 2.24 bits per heavy atom. The molecule has 2 unspecified atom stereocenters. The van der Waals surface area contributed by atoms with Crippen molar-refractivity contribution in [1.82, 2.24) is 10.3 Å². The third-order valence-corrected chi connectivity index (χ3v) is 4.53. The van der Waals surface area contributed by atoms with Crippen molar-refractivity contribution in [1.29, 1.82) is 0 Å². The summed E-state index contributed by atoms with van der Waals surface area (Å²) in [6.45, 7) is 8.38. The minimum Gasteiger partial charge on any atom is -0.330 e. The van der Waals surface area contributed by atoms with E-state index in [2.05, 4.69) is 31.1 Å². The first-order chi connectivity index (χ1) is 8.21. The molecule has 1 heterocycles. The van der Waals surface area contributed by atoms with Crippen molar-refractivity contribution in [2.75, 3.05) is 13.1 Å². The predicted molar refractivity (Wildman–Crippen MR) is 75.4 cm³/mol. The maximum Gasteiger partial charge on any atom is 0.109 e. The Morgan fingerprint density at radius 3 is 2.76 bits per heavy atom. The summed E-state index contributed by atoms with van der Waals surface area (Å²) in [4.78, 5) is 5.82. The Morgan fingerprint density at radius 1 is 1.47 bits per heavy atom. The molecule has 0 aliphatic rings. The van der Waals surface area contributed by atoms with E-state index in [-0.39, 0.29) is 0 Å². The molecule has 1 aromatic rings. The summed E-state index contributed by atoms with van der Waals surface area (Å²) in [5.41, 5.74) is 5.69. The molecular formula is C13H25N3S. The maximum absolute atomic E-state index is 5.69. The first-order valence-electron chi connectivity index (χ1n) is 6.59. The second-order valence-electron chi connectivity index (χ2n) is 4.49. The van der Waals surface area contributed by atoms with Crippen LogP contribution in [0.25, 0.3) is 0 Å². The average molecular weight is 255 g/mol. The van der Waals surface area contributed by atoms with Crippen LogP contribution in [0.3, 0.4) is 0 Å². The first-order valence-corrected chi connectivity index (χ1v) is 7.40. The summed E-state index contributed by atoms with van der Waals surface area (Å²) in [6.07, 6.45) is 5.40. The highest BCUT2D eigenvalue weighted by molar-refractivity contribution is 7.11. The van der Waals surface area contributed by atoms with Gasteiger partial charge in [0.2, 0.25) is 0 Å². The van der Waals surface area contributed by atoms with Crippen molar-refractivity contribution in [2.45, 2.75) is 46.1 Å². The van der Waals surface area contributed by atoms with Crippen LogP contribution < -0.4 is 11.1 Å². The minimum absolute atomic E-state index is 0.357. The van der Waals surface area contributed by atoms with E-state index in [9.17, 15) is 0 Å². The Hall–Kier alpha value is -0.450. The monoisotopic (exact) mass is 255 g/mol. The Labute approximate surface area is 109 Å². The number of rotatable bonds is 8. The molecule has 0 saturated carbocycles. The van der Waals surface area contributed by atoms with Gasteiger partial charge >= 0.3 is 0 Å². The SMILES string of the molecule is CCc1cnc(C(C)NCCC(CC)CN)s1. The van der Waals surface area contributed by atoms with Gasteiger partial charge in [-0.25, -0.2) is 4.98 Å². The van der Waals surface area contributed by atoms with Crippen molar-refractivity contribution in [3.8, 4) is 0 Å². The molecule has 0 amide bonds. The van der Waals surface area contributed by atoms with Crippen LogP contribution in [0.1, 0.15) is 49.5 Å². The molecule has 0 fully saturated rings. The molecule has 0 aromatic carbocycles. The smallest absolute Gasteiger partial charge is 0.109 e. The van der Waals surface area contributed by atoms with Gasteiger partial charge in [0, 0.05) is 11.1 Å². The summed E-state index contributed by atoms with van der Waals surface area (Å²) < 4.78 is 0. The number of nitrogens with one attached hydrogen (secondary N) is 1. The first kappa shape index (κ1) is 14.6. The van der Waals surface area contributed by atoms with Crippen molar-refractivity contribution < 1.29 is 0 Å². The van der Waals surface area contributed by atoms with Gasteiger partial charge in [0.25, 0.3) is 0 Å². The van der Waals surface area contributed by atoms with Crippen LogP contribution in [0.4, 0.5) is 0 Å². The maximum atomic E-state index is 5.69. The van der Waals surface area contributed by atoms with E-state index in [1.807, 2.05) is 17.5 Å². The molecule has 0 radical (unpaired) electrons. The molecule has 0 spiro atoms. The van der Waals surface area contributed by atoms with E-state index < -0.39 is 0 Å². The lowest BCUT2D eigenvalue weighted by Crippen LogP contribution is -2.24. The van der Waals surface area contributed by atoms with E-state index in [4.69, 9.17) is 5.73 Å². The van der Waals surface area contributed by atoms with E-state index in [0.29, 0.717) is 12.0 Å². The molecule has 2 atom stereocenters. The molecule has 0 bridgehead atoms. The van der Waals surface area contributed by atoms with E-state index >= 15 is 0 Å². The molecule has 17 heavy (non-hydrogen) atoms. The third-order valence-electron chi connectivity index (χ3n) is 3.20. The second kappa shape index (κ2) is 7.80. The van der Waals surface area contributed by atoms with Crippen molar-refractivity contribution in [3.05, 3.63) is 16.1 Å². The summed E-state index contributed by atoms with van der Waals surface area (Å²) >= 11 is 1.81. The highest BCUT2D eigenvalue weighted by Gasteiger charge is 2.10. The summed E-state index contributed by atoms with van der Waals surface area (Å²) in [7, 11) is 0. The molecule has 0 aliphatic heterocycles. The van der Waals surface area contributed by atoms with Crippen LogP contribution >= 0.6 is 11.3 Å². The zero-order chi connectivity index (χ0) is 12.7. The summed E-state index contributed by atoms with van der Waals surface area (Å²) in [5, 5.41) is 4.72. The van der Waals surface area contributed by atoms with Crippen LogP contribution in [0, 0.1) is 5.92 Å². The van der Waals surface area contributed by atoms with Crippen LogP contribution in [0.2, 0.25) is 0 Å². The fourth-order valence-electron chi connectivity index (χ4n) is 1.77. The van der Waals surface area contributed by atoms with Gasteiger partial charge in [-0.2, -0.15) is 0 Å². The average Bonchev–Trinajstić information content (AvgIpc) is 2.83. The quantitative estimate of drug-likeness (QED) is 0.751. The molecule has 3 N–H and O–H groups in total. The zero-order valence-corrected chi connectivity index (χ0v) is 12.0. The molecule has 1 rings (SSSR count). The van der Waals surface area contributed by atoms with Gasteiger partial charge in [-0.05, 0) is 38.8 Å². The van der Waals surface area contributed by atoms with Gasteiger partial charge in [0.05, 0.1) is 6.04 Å². The van der Waals surface area contributed by atoms with Crippen molar-refractivity contribution >= 4 is 11.3 Å². The Balaban J connectivity index is 2.31. The van der Waals surface area contributed by atoms with E-state index in [0.717, 1.165) is 25.9 Å². The van der Waals surface area contributed by atoms with E-state index in [1.165, 1.54) is 16.3 Å². The molecule has 3 nitrogen and oxygen atoms in total. The highest BCUT2D eigenvalue weighted by atomic mass is 32.1. The van der Waals surface area contributed by atoms with Crippen LogP contribution in [0.5, 0.6) is 0 Å². The lowest BCUT2D eigenvalue weighted by Gasteiger charge is -2.15. The van der Waals surface area contributed by atoms with Crippen molar-refractivity contribution in [3.63, 3.8) is 0 Å². The van der Waals surface area contributed by atoms with Crippen LogP contribution in [0.15, 0.2) is 6.20 Å². The van der Waals surface area contributed by atoms with E-state index in [1.54, 1.807) is 0 Å². The predicted octanol–water partition coefficient (Wildman–Crippen LogP) is 2.73. The lowest BCUT2D eigenvalue weighted by molar-refractivity contribution is 0.441. The van der Waals surface area contributed by atoms with Crippen LogP contribution in [-0.2, 0) is 6.42 Å². The Bertz CT molecular complexity index is 307. The number of hydrogen-bond acceptors (Lipinski definition) is 4. The van der Waals surface area contributed by atoms with Crippen molar-refractivity contribution in [2.24, 2.45) is 11.7 Å². The number of thiazole rings is 1. The number of nitrogens with zero attached hydrogens (tertiary/aromatic N) is 1. The molecule has 0 saturated heterocycles. The molecular weight excluding hydrogens is 230 g/mol. The van der Waals surface area contributed by atoms with Gasteiger partial charge in [-0.3, -0.25) is 0 Å². The largest absolute Gasteiger partial charge is 0.330 e. The number of aromatic nitrogens is 1. The van der Waals surface area contributed by atoms with Crippen LogP contribution in [-0.4, -0.2) is 18.1 Å². The standard InChI is InChI=1S/C13H25N3S/c1-4-11(8-14)6-7-15-10(3)13-16-9-12(5-2)17-13/h9-11,15H,4-8,14H2,1-3H3. The fourth-order valence-corrected chi connectivity index (χ4v) is 2.65. The summed E-state index contributed by atoms with van der Waals surface area (Å²) in [5.74, 6) is 0.650. The number of nitrogens with two attached hydrogens (primary N) is 1. The fraction of sp³-hybridized carbons (Fsp3) is 0.769. The number of hydrogen-bond donors (Lipinski definition) is 2. The van der Waals surface area contributed by atoms with Gasteiger partial charge < -0.3 is 11.1 Å². The molecule has 1 aromatic heterocycles. The topological polar surface area (TPSA) is 50.9 Å². The number of aryl methyl sites for hydroxylation is 1. The van der Waals surface area contributed by atoms with Gasteiger partial charge in [0.15, 0.2) is 0 Å². The molecule has 4 heteroatoms. The summed E-state index contributed by atoms with van der Waals surface area (Å²) in [6, 6.07) is 0.357. The van der Waals surface area contributed by atoms with Gasteiger partial charge in [-0.15, -0.1) is 11.3 Å². The normalized spacial score (nSPS) is 14.8. The lowest BCUT2D eigenvalue weighted by atomic mass is 10.0. The molecule has 98 valence electrons. The van der Waals surface area contributed by atoms with Gasteiger partial charge in [-0.1, -0.05) is 20.3 Å². The third kappa shape index (κ3) is 4.74. The highest BCUT2D eigenvalue weighted by Crippen LogP contribution is 2.20. The zero-order valence-electron chi connectivity index (χ0n) is 11.2. The van der Waals surface area contributed by atoms with Gasteiger partial charge in [0.1, 0.15) is 5.01 Å². The minimum atomic E-state index is 0.357. The Kier molecular flexibility index (Phi) is 6.70. The molecule has 0 aliphatic carbocycles. The second-order valence-corrected chi connectivity index (χ2v) is 5.64.